The summed E-state index contributed by atoms with van der Waals surface area (Å²) in [6.07, 6.45) is 0.176. The maximum absolute atomic E-state index is 12.7. The molecule has 0 aliphatic carbocycles. The first-order valence-electron chi connectivity index (χ1n) is 7.96. The molecule has 24 heavy (non-hydrogen) atoms. The number of hydrogen-bond donors (Lipinski definition) is 1. The molecule has 0 saturated carbocycles. The average molecular weight is 369 g/mol. The van der Waals surface area contributed by atoms with Gasteiger partial charge in [0.1, 0.15) is 0 Å². The second kappa shape index (κ2) is 6.58. The Kier molecular flexibility index (Phi) is 4.82. The Morgan fingerprint density at radius 3 is 2.96 bits per heavy atom. The topological polar surface area (TPSA) is 58.6 Å². The summed E-state index contributed by atoms with van der Waals surface area (Å²) in [6.45, 7) is 7.02. The van der Waals surface area contributed by atoms with E-state index in [9.17, 15) is 9.59 Å². The number of carbonyl (C=O) groups excluding carboxylic acids is 2. The van der Waals surface area contributed by atoms with E-state index in [4.69, 9.17) is 16.3 Å². The second-order valence-corrected chi connectivity index (χ2v) is 8.58. The van der Waals surface area contributed by atoms with Gasteiger partial charge in [0, 0.05) is 29.4 Å². The van der Waals surface area contributed by atoms with Gasteiger partial charge in [0.05, 0.1) is 22.6 Å². The van der Waals surface area contributed by atoms with Crippen LogP contribution in [0.3, 0.4) is 0 Å². The number of carbonyl (C=O) groups is 2. The van der Waals surface area contributed by atoms with E-state index in [-0.39, 0.29) is 29.9 Å². The van der Waals surface area contributed by atoms with Gasteiger partial charge in [-0.05, 0) is 39.0 Å². The number of ether oxygens (including phenoxy) is 1. The lowest BCUT2D eigenvalue weighted by atomic mass is 10.0. The van der Waals surface area contributed by atoms with Crippen LogP contribution < -0.4 is 5.32 Å². The van der Waals surface area contributed by atoms with Gasteiger partial charge in [-0.1, -0.05) is 11.6 Å². The summed E-state index contributed by atoms with van der Waals surface area (Å²) < 4.78 is 5.83. The summed E-state index contributed by atoms with van der Waals surface area (Å²) >= 11 is 7.37. The number of halogens is 1. The van der Waals surface area contributed by atoms with Crippen molar-refractivity contribution in [2.45, 2.75) is 49.0 Å². The van der Waals surface area contributed by atoms with Crippen molar-refractivity contribution in [1.29, 1.82) is 0 Å². The summed E-state index contributed by atoms with van der Waals surface area (Å²) in [5, 5.41) is 3.00. The predicted octanol–water partition coefficient (Wildman–Crippen LogP) is 3.17. The largest absolute Gasteiger partial charge is 0.369 e. The molecule has 2 heterocycles. The van der Waals surface area contributed by atoms with Gasteiger partial charge in [-0.2, -0.15) is 0 Å². The first-order valence-corrected chi connectivity index (χ1v) is 9.22. The molecular formula is C17H21ClN2O3S. The summed E-state index contributed by atoms with van der Waals surface area (Å²) in [4.78, 5) is 27.7. The molecule has 1 aromatic rings. The fraction of sp³-hybridized carbons (Fsp3) is 0.529. The van der Waals surface area contributed by atoms with Crippen molar-refractivity contribution in [2.75, 3.05) is 18.4 Å². The Morgan fingerprint density at radius 2 is 2.25 bits per heavy atom. The molecule has 1 N–H and O–H groups in total. The smallest absolute Gasteiger partial charge is 0.238 e. The number of thioether (sulfide) groups is 1. The number of anilines is 1. The molecule has 0 spiro atoms. The first-order chi connectivity index (χ1) is 11.2. The van der Waals surface area contributed by atoms with Gasteiger partial charge in [0.15, 0.2) is 0 Å². The van der Waals surface area contributed by atoms with Crippen molar-refractivity contribution >= 4 is 40.9 Å². The minimum absolute atomic E-state index is 0.00611. The summed E-state index contributed by atoms with van der Waals surface area (Å²) in [5.41, 5.74) is 0.348. The monoisotopic (exact) mass is 368 g/mol. The molecule has 130 valence electrons. The zero-order valence-electron chi connectivity index (χ0n) is 14.0. The van der Waals surface area contributed by atoms with Gasteiger partial charge in [0.2, 0.25) is 11.8 Å². The van der Waals surface area contributed by atoms with Crippen LogP contribution in [0.4, 0.5) is 5.69 Å². The van der Waals surface area contributed by atoms with Crippen LogP contribution in [0.25, 0.3) is 0 Å². The number of fused-ring (bicyclic) bond motifs is 1. The van der Waals surface area contributed by atoms with Crippen LogP contribution in [0.1, 0.15) is 27.2 Å². The molecule has 2 unspecified atom stereocenters. The first kappa shape index (κ1) is 17.6. The highest BCUT2D eigenvalue weighted by Gasteiger charge is 2.36. The van der Waals surface area contributed by atoms with Crippen molar-refractivity contribution in [3.8, 4) is 0 Å². The fourth-order valence-electron chi connectivity index (χ4n) is 3.19. The van der Waals surface area contributed by atoms with Crippen molar-refractivity contribution < 1.29 is 14.3 Å². The molecule has 0 radical (unpaired) electrons. The minimum Gasteiger partial charge on any atom is -0.369 e. The standard InChI is InChI=1S/C17H21ClN2O3S/c1-10-8-20(9-17(2,3)23-10)15(21)7-14-16(22)19-12-6-11(18)4-5-13(12)24-14/h4-6,10,14H,7-9H2,1-3H3,(H,19,22). The van der Waals surface area contributed by atoms with Crippen LogP contribution in [0.15, 0.2) is 23.1 Å². The zero-order valence-corrected chi connectivity index (χ0v) is 15.5. The Balaban J connectivity index is 1.68. The Morgan fingerprint density at radius 1 is 1.50 bits per heavy atom. The number of hydrogen-bond acceptors (Lipinski definition) is 4. The predicted molar refractivity (Wildman–Crippen MR) is 95.5 cm³/mol. The van der Waals surface area contributed by atoms with Crippen molar-refractivity contribution in [3.63, 3.8) is 0 Å². The molecule has 3 rings (SSSR count). The van der Waals surface area contributed by atoms with E-state index in [2.05, 4.69) is 5.32 Å². The van der Waals surface area contributed by atoms with Crippen LogP contribution in [0.2, 0.25) is 5.02 Å². The third-order valence-corrected chi connectivity index (χ3v) is 5.55. The molecule has 0 aromatic heterocycles. The Bertz CT molecular complexity index is 680. The lowest BCUT2D eigenvalue weighted by molar-refractivity contribution is -0.158. The number of nitrogens with one attached hydrogen (secondary N) is 1. The Labute approximate surface area is 151 Å². The number of benzene rings is 1. The molecule has 1 saturated heterocycles. The maximum atomic E-state index is 12.7. The van der Waals surface area contributed by atoms with Gasteiger partial charge in [-0.3, -0.25) is 9.59 Å². The quantitative estimate of drug-likeness (QED) is 0.871. The zero-order chi connectivity index (χ0) is 17.5. The van der Waals surface area contributed by atoms with Crippen molar-refractivity contribution in [3.05, 3.63) is 23.2 Å². The number of morpholine rings is 1. The number of rotatable bonds is 2. The van der Waals surface area contributed by atoms with E-state index < -0.39 is 5.25 Å². The van der Waals surface area contributed by atoms with Gasteiger partial charge in [-0.25, -0.2) is 0 Å². The highest BCUT2D eigenvalue weighted by atomic mass is 35.5. The molecule has 1 aromatic carbocycles. The SMILES string of the molecule is CC1CN(C(=O)CC2Sc3ccc(Cl)cc3NC2=O)CC(C)(C)O1. The van der Waals surface area contributed by atoms with E-state index >= 15 is 0 Å². The van der Waals surface area contributed by atoms with Crippen LogP contribution in [0.5, 0.6) is 0 Å². The van der Waals surface area contributed by atoms with Crippen molar-refractivity contribution in [1.82, 2.24) is 4.90 Å². The molecule has 0 bridgehead atoms. The Hall–Kier alpha value is -1.24. The molecule has 1 fully saturated rings. The van der Waals surface area contributed by atoms with Crippen molar-refractivity contribution in [2.24, 2.45) is 0 Å². The normalized spacial score (nSPS) is 25.8. The highest BCUT2D eigenvalue weighted by molar-refractivity contribution is 8.01. The molecular weight excluding hydrogens is 348 g/mol. The van der Waals surface area contributed by atoms with Crippen LogP contribution in [-0.2, 0) is 14.3 Å². The molecule has 2 amide bonds. The third kappa shape index (κ3) is 3.87. The average Bonchev–Trinajstić information content (AvgIpc) is 2.46. The van der Waals surface area contributed by atoms with E-state index in [1.807, 2.05) is 26.8 Å². The van der Waals surface area contributed by atoms with Crippen LogP contribution in [-0.4, -0.2) is 46.8 Å². The minimum atomic E-state index is -0.424. The van der Waals surface area contributed by atoms with E-state index in [0.717, 1.165) is 4.90 Å². The molecule has 2 atom stereocenters. The third-order valence-electron chi connectivity index (χ3n) is 4.04. The van der Waals surface area contributed by atoms with Crippen LogP contribution >= 0.6 is 23.4 Å². The summed E-state index contributed by atoms with van der Waals surface area (Å²) in [7, 11) is 0. The summed E-state index contributed by atoms with van der Waals surface area (Å²) in [5.74, 6) is -0.160. The molecule has 2 aliphatic heterocycles. The lowest BCUT2D eigenvalue weighted by Gasteiger charge is -2.42. The molecule has 7 heteroatoms. The van der Waals surface area contributed by atoms with Gasteiger partial charge in [0.25, 0.3) is 0 Å². The highest BCUT2D eigenvalue weighted by Crippen LogP contribution is 2.38. The maximum Gasteiger partial charge on any atom is 0.238 e. The van der Waals surface area contributed by atoms with E-state index in [1.54, 1.807) is 17.0 Å². The second-order valence-electron chi connectivity index (χ2n) is 6.90. The van der Waals surface area contributed by atoms with E-state index in [1.165, 1.54) is 11.8 Å². The number of nitrogens with zero attached hydrogens (tertiary/aromatic N) is 1. The summed E-state index contributed by atoms with van der Waals surface area (Å²) in [6, 6.07) is 5.39. The molecule has 5 nitrogen and oxygen atoms in total. The van der Waals surface area contributed by atoms with Crippen LogP contribution in [0, 0.1) is 0 Å². The molecule has 2 aliphatic rings. The number of amides is 2. The lowest BCUT2D eigenvalue weighted by Crippen LogP contribution is -2.54. The van der Waals surface area contributed by atoms with Gasteiger partial charge < -0.3 is 15.0 Å². The fourth-order valence-corrected chi connectivity index (χ4v) is 4.44. The van der Waals surface area contributed by atoms with Gasteiger partial charge >= 0.3 is 0 Å². The van der Waals surface area contributed by atoms with E-state index in [0.29, 0.717) is 23.8 Å². The van der Waals surface area contributed by atoms with Gasteiger partial charge in [-0.15, -0.1) is 11.8 Å².